The number of aliphatic hydroxyl groups excluding tert-OH is 2. The van der Waals surface area contributed by atoms with Crippen LogP contribution in [0, 0.1) is 11.6 Å². The van der Waals surface area contributed by atoms with Crippen LogP contribution in [0.3, 0.4) is 0 Å². The number of thioether (sulfide) groups is 1. The lowest BCUT2D eigenvalue weighted by molar-refractivity contribution is 0.113. The molecule has 17 heavy (non-hydrogen) atoms. The van der Waals surface area contributed by atoms with E-state index in [4.69, 9.17) is 15.9 Å². The van der Waals surface area contributed by atoms with Gasteiger partial charge in [-0.2, -0.15) is 11.8 Å². The lowest BCUT2D eigenvalue weighted by atomic mass is 10.1. The van der Waals surface area contributed by atoms with Gasteiger partial charge in [-0.25, -0.2) is 8.78 Å². The number of benzene rings is 1. The molecule has 1 aromatic rings. The average Bonchev–Trinajstić information content (AvgIpc) is 2.32. The minimum atomic E-state index is -0.918. The highest BCUT2D eigenvalue weighted by atomic mass is 32.2. The molecule has 6 heteroatoms. The van der Waals surface area contributed by atoms with E-state index >= 15 is 0 Å². The Morgan fingerprint density at radius 1 is 1.24 bits per heavy atom. The van der Waals surface area contributed by atoms with Gasteiger partial charge in [0, 0.05) is 17.5 Å². The van der Waals surface area contributed by atoms with Crippen LogP contribution in [0.5, 0.6) is 0 Å². The normalized spacial score (nSPS) is 14.6. The molecule has 0 spiro atoms. The second-order valence-electron chi connectivity index (χ2n) is 3.65. The maximum Gasteiger partial charge on any atom is 0.159 e. The highest BCUT2D eigenvalue weighted by Crippen LogP contribution is 2.18. The van der Waals surface area contributed by atoms with Crippen LogP contribution in [0.25, 0.3) is 0 Å². The highest BCUT2D eigenvalue weighted by molar-refractivity contribution is 7.99. The summed E-state index contributed by atoms with van der Waals surface area (Å²) in [6, 6.07) is 3.12. The van der Waals surface area contributed by atoms with Crippen LogP contribution >= 0.6 is 11.8 Å². The Balaban J connectivity index is 2.46. The summed E-state index contributed by atoms with van der Waals surface area (Å²) in [5, 5.41) is 17.7. The van der Waals surface area contributed by atoms with Crippen molar-refractivity contribution in [3.63, 3.8) is 0 Å². The van der Waals surface area contributed by atoms with Crippen molar-refractivity contribution in [3.05, 3.63) is 35.4 Å². The molecule has 0 saturated heterocycles. The van der Waals surface area contributed by atoms with Crippen molar-refractivity contribution in [3.8, 4) is 0 Å². The lowest BCUT2D eigenvalue weighted by Gasteiger charge is -2.13. The number of hydrogen-bond donors (Lipinski definition) is 3. The smallest absolute Gasteiger partial charge is 0.159 e. The molecule has 4 N–H and O–H groups in total. The number of nitrogens with two attached hydrogens (primary N) is 1. The summed E-state index contributed by atoms with van der Waals surface area (Å²) >= 11 is 1.35. The number of halogens is 2. The monoisotopic (exact) mass is 263 g/mol. The van der Waals surface area contributed by atoms with Gasteiger partial charge in [0.05, 0.1) is 12.7 Å². The quantitative estimate of drug-likeness (QED) is 0.718. The minimum Gasteiger partial charge on any atom is -0.394 e. The van der Waals surface area contributed by atoms with Crippen LogP contribution < -0.4 is 5.73 Å². The summed E-state index contributed by atoms with van der Waals surface area (Å²) in [7, 11) is 0. The van der Waals surface area contributed by atoms with E-state index in [1.807, 2.05) is 0 Å². The third-order valence-corrected chi connectivity index (χ3v) is 3.41. The van der Waals surface area contributed by atoms with Crippen molar-refractivity contribution in [1.29, 1.82) is 0 Å². The second-order valence-corrected chi connectivity index (χ2v) is 4.73. The first-order valence-corrected chi connectivity index (χ1v) is 6.27. The molecule has 2 atom stereocenters. The fraction of sp³-hybridized carbons (Fsp3) is 0.455. The molecule has 0 aliphatic carbocycles. The van der Waals surface area contributed by atoms with Gasteiger partial charge in [0.1, 0.15) is 0 Å². The molecular weight excluding hydrogens is 248 g/mol. The van der Waals surface area contributed by atoms with Crippen molar-refractivity contribution in [1.82, 2.24) is 0 Å². The predicted molar refractivity (Wildman–Crippen MR) is 63.7 cm³/mol. The molecule has 96 valence electrons. The molecule has 2 unspecified atom stereocenters. The molecule has 0 bridgehead atoms. The van der Waals surface area contributed by atoms with Crippen molar-refractivity contribution < 1.29 is 19.0 Å². The summed E-state index contributed by atoms with van der Waals surface area (Å²) in [6.45, 7) is -0.298. The van der Waals surface area contributed by atoms with Gasteiger partial charge in [-0.3, -0.25) is 0 Å². The third kappa shape index (κ3) is 4.59. The standard InChI is InChI=1S/C11H15F2NO2S/c12-9-2-1-7(3-10(9)13)11(14)6-17-5-8(16)4-15/h1-3,8,11,15-16H,4-6,14H2. The fourth-order valence-corrected chi connectivity index (χ4v) is 2.18. The van der Waals surface area contributed by atoms with Gasteiger partial charge in [-0.15, -0.1) is 0 Å². The Labute approximate surface area is 103 Å². The summed E-state index contributed by atoms with van der Waals surface area (Å²) < 4.78 is 25.6. The first kappa shape index (κ1) is 14.4. The van der Waals surface area contributed by atoms with E-state index in [1.54, 1.807) is 0 Å². The third-order valence-electron chi connectivity index (χ3n) is 2.19. The molecule has 1 aromatic carbocycles. The lowest BCUT2D eigenvalue weighted by Crippen LogP contribution is -2.18. The van der Waals surface area contributed by atoms with E-state index in [2.05, 4.69) is 0 Å². The zero-order valence-electron chi connectivity index (χ0n) is 9.14. The summed E-state index contributed by atoms with van der Waals surface area (Å²) in [5.41, 5.74) is 6.30. The van der Waals surface area contributed by atoms with E-state index in [0.717, 1.165) is 12.1 Å². The maximum atomic E-state index is 12.9. The van der Waals surface area contributed by atoms with E-state index in [9.17, 15) is 8.78 Å². The Bertz CT molecular complexity index is 365. The van der Waals surface area contributed by atoms with E-state index in [0.29, 0.717) is 17.1 Å². The van der Waals surface area contributed by atoms with Crippen molar-refractivity contribution in [2.45, 2.75) is 12.1 Å². The number of rotatable bonds is 6. The first-order valence-electron chi connectivity index (χ1n) is 5.11. The molecule has 3 nitrogen and oxygen atoms in total. The van der Waals surface area contributed by atoms with Gasteiger partial charge in [0.25, 0.3) is 0 Å². The molecule has 0 saturated carbocycles. The highest BCUT2D eigenvalue weighted by Gasteiger charge is 2.11. The molecule has 0 aliphatic heterocycles. The van der Waals surface area contributed by atoms with Crippen LogP contribution in [0.15, 0.2) is 18.2 Å². The minimum absolute atomic E-state index is 0.298. The van der Waals surface area contributed by atoms with Crippen molar-refractivity contribution >= 4 is 11.8 Å². The van der Waals surface area contributed by atoms with Crippen molar-refractivity contribution in [2.24, 2.45) is 5.73 Å². The molecular formula is C11H15F2NO2S. The van der Waals surface area contributed by atoms with E-state index in [-0.39, 0.29) is 6.61 Å². The molecule has 0 aliphatic rings. The summed E-state index contributed by atoms with van der Waals surface area (Å²) in [5.74, 6) is -1.00. The first-order chi connectivity index (χ1) is 8.04. The molecule has 0 fully saturated rings. The number of hydrogen-bond acceptors (Lipinski definition) is 4. The molecule has 0 aromatic heterocycles. The van der Waals surface area contributed by atoms with Crippen LogP contribution in [0.4, 0.5) is 8.78 Å². The summed E-state index contributed by atoms with van der Waals surface area (Å²) in [6.07, 6.45) is -0.780. The van der Waals surface area contributed by atoms with Gasteiger partial charge < -0.3 is 15.9 Å². The second kappa shape index (κ2) is 6.90. The largest absolute Gasteiger partial charge is 0.394 e. The zero-order valence-corrected chi connectivity index (χ0v) is 9.96. The topological polar surface area (TPSA) is 66.5 Å². The van der Waals surface area contributed by atoms with Crippen LogP contribution in [0.2, 0.25) is 0 Å². The Hall–Kier alpha value is -0.690. The zero-order chi connectivity index (χ0) is 12.8. The van der Waals surface area contributed by atoms with Crippen LogP contribution in [-0.2, 0) is 0 Å². The van der Waals surface area contributed by atoms with Gasteiger partial charge in [-0.1, -0.05) is 6.07 Å². The Kier molecular flexibility index (Phi) is 5.84. The van der Waals surface area contributed by atoms with E-state index in [1.165, 1.54) is 17.8 Å². The van der Waals surface area contributed by atoms with Crippen molar-refractivity contribution in [2.75, 3.05) is 18.1 Å². The van der Waals surface area contributed by atoms with Crippen LogP contribution in [0.1, 0.15) is 11.6 Å². The Morgan fingerprint density at radius 2 is 1.94 bits per heavy atom. The number of aliphatic hydroxyl groups is 2. The predicted octanol–water partition coefficient (Wildman–Crippen LogP) is 1.05. The van der Waals surface area contributed by atoms with Gasteiger partial charge >= 0.3 is 0 Å². The molecule has 0 radical (unpaired) electrons. The van der Waals surface area contributed by atoms with Gasteiger partial charge in [0.15, 0.2) is 11.6 Å². The summed E-state index contributed by atoms with van der Waals surface area (Å²) in [4.78, 5) is 0. The van der Waals surface area contributed by atoms with Gasteiger partial charge in [0.2, 0.25) is 0 Å². The van der Waals surface area contributed by atoms with E-state index < -0.39 is 23.8 Å². The maximum absolute atomic E-state index is 12.9. The molecule has 1 rings (SSSR count). The van der Waals surface area contributed by atoms with Crippen LogP contribution in [-0.4, -0.2) is 34.4 Å². The fourth-order valence-electron chi connectivity index (χ4n) is 1.22. The average molecular weight is 263 g/mol. The SMILES string of the molecule is NC(CSCC(O)CO)c1ccc(F)c(F)c1. The Morgan fingerprint density at radius 3 is 2.53 bits per heavy atom. The molecule has 0 amide bonds. The van der Waals surface area contributed by atoms with Gasteiger partial charge in [-0.05, 0) is 17.7 Å². The molecule has 0 heterocycles.